The minimum Gasteiger partial charge on any atom is -0.355 e. The number of hydrogen-bond acceptors (Lipinski definition) is 4. The highest BCUT2D eigenvalue weighted by molar-refractivity contribution is 8.00. The third kappa shape index (κ3) is 5.98. The molecular formula is C21H31N3O2S. The lowest BCUT2D eigenvalue weighted by molar-refractivity contribution is -0.118. The summed E-state index contributed by atoms with van der Waals surface area (Å²) in [5.74, 6) is 1.08. The second-order valence-corrected chi connectivity index (χ2v) is 8.74. The van der Waals surface area contributed by atoms with E-state index < -0.39 is 0 Å². The summed E-state index contributed by atoms with van der Waals surface area (Å²) >= 11 is 1.45. The van der Waals surface area contributed by atoms with E-state index in [1.807, 2.05) is 29.2 Å². The molecule has 2 fully saturated rings. The van der Waals surface area contributed by atoms with Gasteiger partial charge in [-0.3, -0.25) is 9.59 Å². The van der Waals surface area contributed by atoms with Crippen LogP contribution in [0.4, 0.5) is 0 Å². The van der Waals surface area contributed by atoms with Crippen molar-refractivity contribution in [1.29, 1.82) is 0 Å². The molecule has 5 nitrogen and oxygen atoms in total. The number of hydrogen-bond donors (Lipinski definition) is 2. The quantitative estimate of drug-likeness (QED) is 0.733. The Morgan fingerprint density at radius 1 is 1.07 bits per heavy atom. The Morgan fingerprint density at radius 2 is 1.78 bits per heavy atom. The van der Waals surface area contributed by atoms with Gasteiger partial charge in [-0.2, -0.15) is 0 Å². The van der Waals surface area contributed by atoms with Crippen molar-refractivity contribution in [2.45, 2.75) is 55.9 Å². The highest BCUT2D eigenvalue weighted by atomic mass is 32.2. The van der Waals surface area contributed by atoms with Crippen LogP contribution in [0.2, 0.25) is 0 Å². The zero-order valence-electron chi connectivity index (χ0n) is 16.0. The largest absolute Gasteiger partial charge is 0.355 e. The van der Waals surface area contributed by atoms with Crippen LogP contribution in [-0.4, -0.2) is 48.1 Å². The minimum atomic E-state index is 0.0487. The maximum absolute atomic E-state index is 12.9. The SMILES string of the molecule is NC1CCN(C(=O)c2ccccc2SCC(=O)NCC2CCCCC2)CC1. The molecule has 1 aliphatic carbocycles. The zero-order chi connectivity index (χ0) is 19.1. The minimum absolute atomic E-state index is 0.0487. The molecule has 27 heavy (non-hydrogen) atoms. The van der Waals surface area contributed by atoms with Gasteiger partial charge in [-0.15, -0.1) is 11.8 Å². The second-order valence-electron chi connectivity index (χ2n) is 7.72. The first-order valence-corrected chi connectivity index (χ1v) is 11.2. The third-order valence-electron chi connectivity index (χ3n) is 5.62. The number of carbonyl (C=O) groups is 2. The fourth-order valence-electron chi connectivity index (χ4n) is 3.89. The van der Waals surface area contributed by atoms with Gasteiger partial charge in [0.1, 0.15) is 0 Å². The number of thioether (sulfide) groups is 1. The predicted molar refractivity (Wildman–Crippen MR) is 110 cm³/mol. The Bertz CT molecular complexity index is 638. The topological polar surface area (TPSA) is 75.4 Å². The number of benzene rings is 1. The van der Waals surface area contributed by atoms with Gasteiger partial charge in [0, 0.05) is 30.6 Å². The van der Waals surface area contributed by atoms with E-state index in [2.05, 4.69) is 5.32 Å². The van der Waals surface area contributed by atoms with Gasteiger partial charge in [0.15, 0.2) is 0 Å². The Morgan fingerprint density at radius 3 is 2.52 bits per heavy atom. The summed E-state index contributed by atoms with van der Waals surface area (Å²) in [7, 11) is 0. The second kappa shape index (κ2) is 10.1. The molecule has 3 N–H and O–H groups in total. The highest BCUT2D eigenvalue weighted by Gasteiger charge is 2.23. The molecule has 148 valence electrons. The first-order valence-electron chi connectivity index (χ1n) is 10.2. The molecule has 1 saturated heterocycles. The average molecular weight is 390 g/mol. The van der Waals surface area contributed by atoms with Crippen LogP contribution in [0.3, 0.4) is 0 Å². The van der Waals surface area contributed by atoms with Crippen molar-refractivity contribution in [3.05, 3.63) is 29.8 Å². The lowest BCUT2D eigenvalue weighted by atomic mass is 9.89. The molecule has 0 bridgehead atoms. The Kier molecular flexibility index (Phi) is 7.59. The Balaban J connectivity index is 1.51. The average Bonchev–Trinajstić information content (AvgIpc) is 2.72. The molecule has 2 amide bonds. The van der Waals surface area contributed by atoms with Crippen molar-refractivity contribution < 1.29 is 9.59 Å². The van der Waals surface area contributed by atoms with E-state index >= 15 is 0 Å². The van der Waals surface area contributed by atoms with Gasteiger partial charge in [0.25, 0.3) is 5.91 Å². The van der Waals surface area contributed by atoms with E-state index in [-0.39, 0.29) is 17.9 Å². The summed E-state index contributed by atoms with van der Waals surface area (Å²) in [5, 5.41) is 3.07. The maximum atomic E-state index is 12.9. The van der Waals surface area contributed by atoms with Crippen LogP contribution in [0.15, 0.2) is 29.2 Å². The molecule has 1 aromatic rings. The lowest BCUT2D eigenvalue weighted by Crippen LogP contribution is -2.43. The van der Waals surface area contributed by atoms with Gasteiger partial charge in [0.05, 0.1) is 11.3 Å². The molecule has 1 heterocycles. The molecule has 1 aliphatic heterocycles. The van der Waals surface area contributed by atoms with Gasteiger partial charge in [-0.05, 0) is 43.7 Å². The molecule has 0 atom stereocenters. The first kappa shape index (κ1) is 20.2. The van der Waals surface area contributed by atoms with Crippen molar-refractivity contribution >= 4 is 23.6 Å². The fraction of sp³-hybridized carbons (Fsp3) is 0.619. The van der Waals surface area contributed by atoms with Crippen molar-refractivity contribution in [2.24, 2.45) is 11.7 Å². The number of piperidine rings is 1. The maximum Gasteiger partial charge on any atom is 0.254 e. The lowest BCUT2D eigenvalue weighted by Gasteiger charge is -2.30. The van der Waals surface area contributed by atoms with Crippen LogP contribution in [0.5, 0.6) is 0 Å². The van der Waals surface area contributed by atoms with Gasteiger partial charge < -0.3 is 16.0 Å². The predicted octanol–water partition coefficient (Wildman–Crippen LogP) is 3.04. The fourth-order valence-corrected chi connectivity index (χ4v) is 4.76. The number of rotatable bonds is 6. The Labute approximate surface area is 166 Å². The molecule has 1 aromatic carbocycles. The van der Waals surface area contributed by atoms with Crippen molar-refractivity contribution in [2.75, 3.05) is 25.4 Å². The van der Waals surface area contributed by atoms with Crippen LogP contribution in [0, 0.1) is 5.92 Å². The number of likely N-dealkylation sites (tertiary alicyclic amines) is 1. The number of nitrogens with zero attached hydrogens (tertiary/aromatic N) is 1. The molecule has 0 spiro atoms. The molecule has 0 unspecified atom stereocenters. The summed E-state index contributed by atoms with van der Waals surface area (Å²) in [6.45, 7) is 2.20. The molecule has 3 rings (SSSR count). The summed E-state index contributed by atoms with van der Waals surface area (Å²) in [5.41, 5.74) is 6.64. The standard InChI is InChI=1S/C21H31N3O2S/c22-17-10-12-24(13-11-17)21(26)18-8-4-5-9-19(18)27-15-20(25)23-14-16-6-2-1-3-7-16/h4-5,8-9,16-17H,1-3,6-7,10-15,22H2,(H,23,25). The molecular weight excluding hydrogens is 358 g/mol. The number of amides is 2. The third-order valence-corrected chi connectivity index (χ3v) is 6.69. The van der Waals surface area contributed by atoms with Gasteiger partial charge >= 0.3 is 0 Å². The normalized spacial score (nSPS) is 19.1. The summed E-state index contributed by atoms with van der Waals surface area (Å²) < 4.78 is 0. The van der Waals surface area contributed by atoms with Crippen LogP contribution < -0.4 is 11.1 Å². The van der Waals surface area contributed by atoms with Gasteiger partial charge in [0.2, 0.25) is 5.91 Å². The smallest absolute Gasteiger partial charge is 0.254 e. The summed E-state index contributed by atoms with van der Waals surface area (Å²) in [4.78, 5) is 27.9. The first-order chi connectivity index (χ1) is 13.1. The van der Waals surface area contributed by atoms with E-state index in [0.717, 1.165) is 24.3 Å². The van der Waals surface area contributed by atoms with Gasteiger partial charge in [-0.1, -0.05) is 31.4 Å². The van der Waals surface area contributed by atoms with Crippen LogP contribution in [-0.2, 0) is 4.79 Å². The molecule has 0 aromatic heterocycles. The van der Waals surface area contributed by atoms with E-state index in [0.29, 0.717) is 30.3 Å². The number of carbonyl (C=O) groups excluding carboxylic acids is 2. The molecule has 1 saturated carbocycles. The van der Waals surface area contributed by atoms with E-state index in [1.165, 1.54) is 43.9 Å². The summed E-state index contributed by atoms with van der Waals surface area (Å²) in [6, 6.07) is 7.80. The van der Waals surface area contributed by atoms with Crippen LogP contribution in [0.25, 0.3) is 0 Å². The highest BCUT2D eigenvalue weighted by Crippen LogP contribution is 2.25. The van der Waals surface area contributed by atoms with Crippen molar-refractivity contribution in [1.82, 2.24) is 10.2 Å². The molecule has 6 heteroatoms. The van der Waals surface area contributed by atoms with Crippen LogP contribution >= 0.6 is 11.8 Å². The van der Waals surface area contributed by atoms with Crippen molar-refractivity contribution in [3.8, 4) is 0 Å². The Hall–Kier alpha value is -1.53. The van der Waals surface area contributed by atoms with E-state index in [1.54, 1.807) is 0 Å². The number of nitrogens with one attached hydrogen (secondary N) is 1. The van der Waals surface area contributed by atoms with E-state index in [9.17, 15) is 9.59 Å². The van der Waals surface area contributed by atoms with Crippen molar-refractivity contribution in [3.63, 3.8) is 0 Å². The van der Waals surface area contributed by atoms with E-state index in [4.69, 9.17) is 5.73 Å². The molecule has 2 aliphatic rings. The number of nitrogens with two attached hydrogens (primary N) is 1. The molecule has 0 radical (unpaired) electrons. The monoisotopic (exact) mass is 389 g/mol. The van der Waals surface area contributed by atoms with Crippen LogP contribution in [0.1, 0.15) is 55.3 Å². The summed E-state index contributed by atoms with van der Waals surface area (Å²) in [6.07, 6.45) is 8.05. The van der Waals surface area contributed by atoms with Gasteiger partial charge in [-0.25, -0.2) is 0 Å². The zero-order valence-corrected chi connectivity index (χ0v) is 16.8.